The maximum Gasteiger partial charge on any atom is 0.122 e. The Kier molecular flexibility index (Phi) is 3.34. The second kappa shape index (κ2) is 4.52. The minimum atomic E-state index is -0.647. The van der Waals surface area contributed by atoms with Crippen molar-refractivity contribution in [3.8, 4) is 5.75 Å². The molecule has 0 bridgehead atoms. The molecule has 0 radical (unpaired) electrons. The van der Waals surface area contributed by atoms with Crippen molar-refractivity contribution in [2.75, 3.05) is 20.2 Å². The predicted molar refractivity (Wildman–Crippen MR) is 70.5 cm³/mol. The zero-order valence-corrected chi connectivity index (χ0v) is 11.6. The average Bonchev–Trinajstić information content (AvgIpc) is 2.47. The third-order valence-electron chi connectivity index (χ3n) is 4.02. The first-order valence-corrected chi connectivity index (χ1v) is 6.28. The van der Waals surface area contributed by atoms with Gasteiger partial charge in [0.2, 0.25) is 0 Å². The third kappa shape index (κ3) is 2.49. The predicted octanol–water partition coefficient (Wildman–Crippen LogP) is 1.68. The second-order valence-electron chi connectivity index (χ2n) is 5.99. The molecule has 18 heavy (non-hydrogen) atoms. The highest BCUT2D eigenvalue weighted by Gasteiger charge is 2.47. The smallest absolute Gasteiger partial charge is 0.122 e. The summed E-state index contributed by atoms with van der Waals surface area (Å²) in [4.78, 5) is 6.58. The Morgan fingerprint density at radius 3 is 2.67 bits per heavy atom. The van der Waals surface area contributed by atoms with Crippen molar-refractivity contribution >= 4 is 0 Å². The number of β-amino-alcohol motifs (C(OH)–C–C–N with tert-alkyl or cyclic N) is 1. The van der Waals surface area contributed by atoms with E-state index in [1.54, 1.807) is 13.3 Å². The highest BCUT2D eigenvalue weighted by atomic mass is 16.5. The molecule has 2 rings (SSSR count). The van der Waals surface area contributed by atoms with Gasteiger partial charge in [0, 0.05) is 37.3 Å². The summed E-state index contributed by atoms with van der Waals surface area (Å²) in [7, 11) is 1.66. The Hall–Kier alpha value is -1.13. The standard InChI is InChI=1S/C14H22N2O2/c1-13(2)9-16(10-14(13,3)17)8-11-7-12(18-4)5-6-15-11/h5-7,17H,8-10H2,1-4H3/t14-/m1/s1. The van der Waals surface area contributed by atoms with Crippen molar-refractivity contribution in [1.29, 1.82) is 0 Å². The quantitative estimate of drug-likeness (QED) is 0.886. The van der Waals surface area contributed by atoms with Gasteiger partial charge in [0.15, 0.2) is 0 Å². The number of likely N-dealkylation sites (tertiary alicyclic amines) is 1. The molecule has 1 atom stereocenters. The Morgan fingerprint density at radius 2 is 2.11 bits per heavy atom. The molecule has 0 unspecified atom stereocenters. The van der Waals surface area contributed by atoms with Crippen molar-refractivity contribution in [3.05, 3.63) is 24.0 Å². The number of methoxy groups -OCH3 is 1. The molecule has 1 aliphatic rings. The zero-order valence-electron chi connectivity index (χ0n) is 11.6. The van der Waals surface area contributed by atoms with E-state index < -0.39 is 5.60 Å². The highest BCUT2D eigenvalue weighted by molar-refractivity contribution is 5.22. The molecule has 2 heterocycles. The Balaban J connectivity index is 2.07. The summed E-state index contributed by atoms with van der Waals surface area (Å²) < 4.78 is 5.19. The van der Waals surface area contributed by atoms with E-state index in [0.29, 0.717) is 6.54 Å². The fourth-order valence-electron chi connectivity index (χ4n) is 2.45. The van der Waals surface area contributed by atoms with Crippen molar-refractivity contribution < 1.29 is 9.84 Å². The van der Waals surface area contributed by atoms with E-state index in [9.17, 15) is 5.11 Å². The molecule has 4 nitrogen and oxygen atoms in total. The molecular formula is C14H22N2O2. The lowest BCUT2D eigenvalue weighted by Gasteiger charge is -2.31. The number of hydrogen-bond donors (Lipinski definition) is 1. The van der Waals surface area contributed by atoms with Crippen molar-refractivity contribution in [1.82, 2.24) is 9.88 Å². The van der Waals surface area contributed by atoms with Crippen LogP contribution >= 0.6 is 0 Å². The van der Waals surface area contributed by atoms with Crippen molar-refractivity contribution in [2.24, 2.45) is 5.41 Å². The van der Waals surface area contributed by atoms with Gasteiger partial charge in [-0.05, 0) is 13.0 Å². The molecule has 1 aromatic heterocycles. The average molecular weight is 250 g/mol. The van der Waals surface area contributed by atoms with Crippen LogP contribution in [-0.2, 0) is 6.54 Å². The molecule has 1 aromatic rings. The number of pyridine rings is 1. The fourth-order valence-corrected chi connectivity index (χ4v) is 2.45. The molecule has 1 N–H and O–H groups in total. The summed E-state index contributed by atoms with van der Waals surface area (Å²) in [5.74, 6) is 0.824. The van der Waals surface area contributed by atoms with Crippen molar-refractivity contribution in [3.63, 3.8) is 0 Å². The number of rotatable bonds is 3. The van der Waals surface area contributed by atoms with Crippen LogP contribution < -0.4 is 4.74 Å². The Morgan fingerprint density at radius 1 is 1.39 bits per heavy atom. The molecule has 1 aliphatic heterocycles. The molecule has 0 amide bonds. The molecule has 0 spiro atoms. The molecule has 1 fully saturated rings. The number of aromatic nitrogens is 1. The van der Waals surface area contributed by atoms with Gasteiger partial charge in [-0.25, -0.2) is 0 Å². The number of aliphatic hydroxyl groups is 1. The second-order valence-corrected chi connectivity index (χ2v) is 5.99. The van der Waals surface area contributed by atoms with Crippen LogP contribution in [0.15, 0.2) is 18.3 Å². The van der Waals surface area contributed by atoms with Gasteiger partial charge in [-0.1, -0.05) is 13.8 Å². The lowest BCUT2D eigenvalue weighted by Crippen LogP contribution is -2.40. The largest absolute Gasteiger partial charge is 0.497 e. The van der Waals surface area contributed by atoms with Gasteiger partial charge in [0.1, 0.15) is 5.75 Å². The Bertz CT molecular complexity index is 414. The van der Waals surface area contributed by atoms with Crippen molar-refractivity contribution in [2.45, 2.75) is 32.9 Å². The molecule has 4 heteroatoms. The van der Waals surface area contributed by atoms with Gasteiger partial charge in [0.05, 0.1) is 18.4 Å². The molecule has 1 saturated heterocycles. The van der Waals surface area contributed by atoms with Crippen LogP contribution in [0.3, 0.4) is 0 Å². The van der Waals surface area contributed by atoms with Crippen LogP contribution in [0.4, 0.5) is 0 Å². The normalized spacial score (nSPS) is 27.4. The highest BCUT2D eigenvalue weighted by Crippen LogP contribution is 2.38. The van der Waals surface area contributed by atoms with Crippen LogP contribution in [0.25, 0.3) is 0 Å². The maximum absolute atomic E-state index is 10.4. The molecule has 0 aliphatic carbocycles. The van der Waals surface area contributed by atoms with Crippen LogP contribution in [0.1, 0.15) is 26.5 Å². The molecule has 0 saturated carbocycles. The Labute approximate surface area is 109 Å². The third-order valence-corrected chi connectivity index (χ3v) is 4.02. The van der Waals surface area contributed by atoms with E-state index in [1.165, 1.54) is 0 Å². The van der Waals surface area contributed by atoms with E-state index in [1.807, 2.05) is 19.1 Å². The summed E-state index contributed by atoms with van der Waals surface area (Å²) in [6.07, 6.45) is 1.76. The minimum absolute atomic E-state index is 0.0914. The van der Waals surface area contributed by atoms with Gasteiger partial charge in [0.25, 0.3) is 0 Å². The topological polar surface area (TPSA) is 45.6 Å². The van der Waals surface area contributed by atoms with Gasteiger partial charge < -0.3 is 9.84 Å². The first-order chi connectivity index (χ1) is 8.34. The van der Waals surface area contributed by atoms with Crippen LogP contribution in [-0.4, -0.2) is 40.8 Å². The zero-order chi connectivity index (χ0) is 13.4. The first-order valence-electron chi connectivity index (χ1n) is 6.28. The van der Waals surface area contributed by atoms with Gasteiger partial charge in [-0.15, -0.1) is 0 Å². The lowest BCUT2D eigenvalue weighted by atomic mass is 9.79. The van der Waals surface area contributed by atoms with E-state index >= 15 is 0 Å². The molecular weight excluding hydrogens is 228 g/mol. The van der Waals surface area contributed by atoms with E-state index in [2.05, 4.69) is 23.7 Å². The van der Waals surface area contributed by atoms with Gasteiger partial charge >= 0.3 is 0 Å². The van der Waals surface area contributed by atoms with E-state index in [-0.39, 0.29) is 5.41 Å². The van der Waals surface area contributed by atoms with Gasteiger partial charge in [-0.3, -0.25) is 9.88 Å². The number of hydrogen-bond acceptors (Lipinski definition) is 4. The summed E-state index contributed by atoms with van der Waals surface area (Å²) in [5.41, 5.74) is 0.237. The van der Waals surface area contributed by atoms with Crippen LogP contribution in [0, 0.1) is 5.41 Å². The molecule has 0 aromatic carbocycles. The summed E-state index contributed by atoms with van der Waals surface area (Å²) in [6.45, 7) is 8.42. The van der Waals surface area contributed by atoms with E-state index in [4.69, 9.17) is 4.74 Å². The molecule has 100 valence electrons. The van der Waals surface area contributed by atoms with Gasteiger partial charge in [-0.2, -0.15) is 0 Å². The fraction of sp³-hybridized carbons (Fsp3) is 0.643. The lowest BCUT2D eigenvalue weighted by molar-refractivity contribution is -0.0111. The summed E-state index contributed by atoms with van der Waals surface area (Å²) in [5, 5.41) is 10.4. The number of nitrogens with zero attached hydrogens (tertiary/aromatic N) is 2. The SMILES string of the molecule is COc1ccnc(CN2CC(C)(C)[C@](C)(O)C2)c1. The maximum atomic E-state index is 10.4. The first kappa shape index (κ1) is 13.3. The summed E-state index contributed by atoms with van der Waals surface area (Å²) in [6, 6.07) is 3.79. The minimum Gasteiger partial charge on any atom is -0.497 e. The van der Waals surface area contributed by atoms with Crippen LogP contribution in [0.2, 0.25) is 0 Å². The van der Waals surface area contributed by atoms with E-state index in [0.717, 1.165) is 24.5 Å². The monoisotopic (exact) mass is 250 g/mol. The summed E-state index contributed by atoms with van der Waals surface area (Å²) >= 11 is 0. The number of ether oxygens (including phenoxy) is 1. The van der Waals surface area contributed by atoms with Crippen LogP contribution in [0.5, 0.6) is 5.75 Å².